The maximum Gasteiger partial charge on any atom is 0.265 e. The molecule has 0 saturated heterocycles. The molecule has 78 valence electrons. The molecule has 1 aromatic carbocycles. The molecule has 1 amide bonds. The molecule has 0 radical (unpaired) electrons. The minimum Gasteiger partial charge on any atom is -0.364 e. The Balaban J connectivity index is 2.43. The number of rotatable bonds is 2. The predicted octanol–water partition coefficient (Wildman–Crippen LogP) is 1.65. The van der Waals surface area contributed by atoms with Gasteiger partial charge in [0.25, 0.3) is 5.91 Å². The highest BCUT2D eigenvalue weighted by atomic mass is 16.1. The lowest BCUT2D eigenvalue weighted by atomic mass is 10.1. The van der Waals surface area contributed by atoms with Crippen LogP contribution >= 0.6 is 0 Å². The summed E-state index contributed by atoms with van der Waals surface area (Å²) in [4.78, 5) is 13.7. The summed E-state index contributed by atoms with van der Waals surface area (Å²) in [6, 6.07) is 10.9. The Morgan fingerprint density at radius 1 is 1.31 bits per heavy atom. The number of hydrogen-bond donors (Lipinski definition) is 2. The van der Waals surface area contributed by atoms with Crippen LogP contribution in [0.5, 0.6) is 0 Å². The smallest absolute Gasteiger partial charge is 0.265 e. The fourth-order valence-corrected chi connectivity index (χ4v) is 1.47. The molecule has 2 aromatic rings. The third-order valence-electron chi connectivity index (χ3n) is 2.27. The summed E-state index contributed by atoms with van der Waals surface area (Å²) in [5.41, 5.74) is 7.80. The van der Waals surface area contributed by atoms with E-state index in [2.05, 4.69) is 11.1 Å². The predicted molar refractivity (Wildman–Crippen MR) is 59.5 cm³/mol. The molecule has 1 heterocycles. The second kappa shape index (κ2) is 3.91. The number of carbonyl (C=O) groups excluding carboxylic acids is 1. The quantitative estimate of drug-likeness (QED) is 0.791. The first-order chi connectivity index (χ1) is 7.70. The van der Waals surface area contributed by atoms with Crippen LogP contribution in [0.4, 0.5) is 0 Å². The van der Waals surface area contributed by atoms with Crippen molar-refractivity contribution in [3.05, 3.63) is 47.8 Å². The standard InChI is InChI=1S/C12H9N3O/c13-6-8-2-1-3-9(4-8)10-5-11(12(14)16)15-7-10/h1-5,7,15H,(H2,14,16). The zero-order valence-electron chi connectivity index (χ0n) is 8.40. The van der Waals surface area contributed by atoms with Gasteiger partial charge in [0.05, 0.1) is 11.6 Å². The first-order valence-corrected chi connectivity index (χ1v) is 4.69. The number of nitrogens with zero attached hydrogens (tertiary/aromatic N) is 1. The lowest BCUT2D eigenvalue weighted by Gasteiger charge is -1.96. The Labute approximate surface area is 92.3 Å². The van der Waals surface area contributed by atoms with E-state index in [1.54, 1.807) is 30.5 Å². The molecule has 0 saturated carbocycles. The number of carbonyl (C=O) groups is 1. The molecule has 0 aliphatic carbocycles. The van der Waals surface area contributed by atoms with Gasteiger partial charge in [-0.25, -0.2) is 0 Å². The molecular formula is C12H9N3O. The van der Waals surface area contributed by atoms with Gasteiger partial charge in [0.2, 0.25) is 0 Å². The van der Waals surface area contributed by atoms with E-state index in [4.69, 9.17) is 11.0 Å². The maximum absolute atomic E-state index is 10.9. The Morgan fingerprint density at radius 2 is 2.12 bits per heavy atom. The molecule has 3 N–H and O–H groups in total. The van der Waals surface area contributed by atoms with E-state index in [1.165, 1.54) is 0 Å². The van der Waals surface area contributed by atoms with Crippen LogP contribution in [0.3, 0.4) is 0 Å². The van der Waals surface area contributed by atoms with Crippen LogP contribution in [0, 0.1) is 11.3 Å². The lowest BCUT2D eigenvalue weighted by molar-refractivity contribution is 0.0996. The summed E-state index contributed by atoms with van der Waals surface area (Å²) in [5.74, 6) is -0.498. The molecule has 4 heteroatoms. The van der Waals surface area contributed by atoms with Crippen LogP contribution in [0.2, 0.25) is 0 Å². The van der Waals surface area contributed by atoms with E-state index in [1.807, 2.05) is 6.07 Å². The number of nitrogens with two attached hydrogens (primary N) is 1. The van der Waals surface area contributed by atoms with Crippen molar-refractivity contribution in [2.45, 2.75) is 0 Å². The molecule has 0 unspecified atom stereocenters. The number of nitrogens with one attached hydrogen (secondary N) is 1. The maximum atomic E-state index is 10.9. The van der Waals surface area contributed by atoms with Gasteiger partial charge in [0, 0.05) is 6.20 Å². The van der Waals surface area contributed by atoms with Crippen molar-refractivity contribution in [3.63, 3.8) is 0 Å². The van der Waals surface area contributed by atoms with Crippen molar-refractivity contribution in [1.29, 1.82) is 5.26 Å². The van der Waals surface area contributed by atoms with Crippen molar-refractivity contribution >= 4 is 5.91 Å². The van der Waals surface area contributed by atoms with Crippen molar-refractivity contribution in [1.82, 2.24) is 4.98 Å². The van der Waals surface area contributed by atoms with Crippen LogP contribution in [-0.2, 0) is 0 Å². The topological polar surface area (TPSA) is 82.7 Å². The number of amides is 1. The highest BCUT2D eigenvalue weighted by molar-refractivity contribution is 5.92. The third-order valence-corrected chi connectivity index (χ3v) is 2.27. The zero-order valence-corrected chi connectivity index (χ0v) is 8.40. The average Bonchev–Trinajstić information content (AvgIpc) is 2.78. The minimum absolute atomic E-state index is 0.359. The number of aromatic nitrogens is 1. The number of H-pyrrole nitrogens is 1. The first kappa shape index (κ1) is 9.99. The van der Waals surface area contributed by atoms with Crippen molar-refractivity contribution in [3.8, 4) is 17.2 Å². The van der Waals surface area contributed by atoms with Crippen molar-refractivity contribution in [2.75, 3.05) is 0 Å². The van der Waals surface area contributed by atoms with E-state index in [9.17, 15) is 4.79 Å². The highest BCUT2D eigenvalue weighted by Gasteiger charge is 2.06. The van der Waals surface area contributed by atoms with Crippen LogP contribution in [-0.4, -0.2) is 10.9 Å². The zero-order chi connectivity index (χ0) is 11.5. The second-order valence-electron chi connectivity index (χ2n) is 3.36. The Hall–Kier alpha value is -2.54. The van der Waals surface area contributed by atoms with Crippen LogP contribution in [0.25, 0.3) is 11.1 Å². The summed E-state index contributed by atoms with van der Waals surface area (Å²) >= 11 is 0. The summed E-state index contributed by atoms with van der Waals surface area (Å²) in [6.07, 6.45) is 1.69. The van der Waals surface area contributed by atoms with Gasteiger partial charge in [-0.1, -0.05) is 12.1 Å². The number of benzene rings is 1. The SMILES string of the molecule is N#Cc1cccc(-c2c[nH]c(C(N)=O)c2)c1. The van der Waals surface area contributed by atoms with Crippen LogP contribution in [0.1, 0.15) is 16.1 Å². The summed E-state index contributed by atoms with van der Waals surface area (Å²) in [6.45, 7) is 0. The molecule has 0 bridgehead atoms. The molecule has 0 atom stereocenters. The normalized spacial score (nSPS) is 9.69. The van der Waals surface area contributed by atoms with Gasteiger partial charge in [-0.15, -0.1) is 0 Å². The van der Waals surface area contributed by atoms with Gasteiger partial charge >= 0.3 is 0 Å². The molecular weight excluding hydrogens is 202 g/mol. The van der Waals surface area contributed by atoms with E-state index < -0.39 is 5.91 Å². The van der Waals surface area contributed by atoms with Gasteiger partial charge in [0.1, 0.15) is 5.69 Å². The third kappa shape index (κ3) is 1.79. The van der Waals surface area contributed by atoms with E-state index in [-0.39, 0.29) is 0 Å². The van der Waals surface area contributed by atoms with Crippen LogP contribution < -0.4 is 5.73 Å². The molecule has 0 aliphatic rings. The first-order valence-electron chi connectivity index (χ1n) is 4.69. The molecule has 0 spiro atoms. The summed E-state index contributed by atoms with van der Waals surface area (Å²) in [7, 11) is 0. The minimum atomic E-state index is -0.498. The van der Waals surface area contributed by atoms with Crippen molar-refractivity contribution < 1.29 is 4.79 Å². The molecule has 1 aromatic heterocycles. The molecule has 16 heavy (non-hydrogen) atoms. The second-order valence-corrected chi connectivity index (χ2v) is 3.36. The lowest BCUT2D eigenvalue weighted by Crippen LogP contribution is -2.10. The number of primary amides is 1. The Bertz CT molecular complexity index is 578. The number of nitriles is 1. The van der Waals surface area contributed by atoms with Gasteiger partial charge in [-0.3, -0.25) is 4.79 Å². The highest BCUT2D eigenvalue weighted by Crippen LogP contribution is 2.20. The largest absolute Gasteiger partial charge is 0.364 e. The molecule has 4 nitrogen and oxygen atoms in total. The van der Waals surface area contributed by atoms with E-state index in [0.717, 1.165) is 11.1 Å². The van der Waals surface area contributed by atoms with Crippen LogP contribution in [0.15, 0.2) is 36.5 Å². The molecule has 0 fully saturated rings. The van der Waals surface area contributed by atoms with Gasteiger partial charge < -0.3 is 10.7 Å². The molecule has 2 rings (SSSR count). The monoisotopic (exact) mass is 211 g/mol. The Morgan fingerprint density at radius 3 is 2.75 bits per heavy atom. The fourth-order valence-electron chi connectivity index (χ4n) is 1.47. The summed E-state index contributed by atoms with van der Waals surface area (Å²) in [5, 5.41) is 8.77. The average molecular weight is 211 g/mol. The van der Waals surface area contributed by atoms with E-state index in [0.29, 0.717) is 11.3 Å². The van der Waals surface area contributed by atoms with Gasteiger partial charge in [0.15, 0.2) is 0 Å². The van der Waals surface area contributed by atoms with E-state index >= 15 is 0 Å². The van der Waals surface area contributed by atoms with Crippen molar-refractivity contribution in [2.24, 2.45) is 5.73 Å². The summed E-state index contributed by atoms with van der Waals surface area (Å²) < 4.78 is 0. The number of aromatic amines is 1. The molecule has 0 aliphatic heterocycles. The fraction of sp³-hybridized carbons (Fsp3) is 0. The van der Waals surface area contributed by atoms with Gasteiger partial charge in [-0.2, -0.15) is 5.26 Å². The Kier molecular flexibility index (Phi) is 2.44. The number of hydrogen-bond acceptors (Lipinski definition) is 2. The van der Waals surface area contributed by atoms with Gasteiger partial charge in [-0.05, 0) is 29.3 Å².